The summed E-state index contributed by atoms with van der Waals surface area (Å²) in [6.45, 7) is 7.09. The summed E-state index contributed by atoms with van der Waals surface area (Å²) in [4.78, 5) is 39.1. The van der Waals surface area contributed by atoms with E-state index in [4.69, 9.17) is 4.74 Å². The predicted molar refractivity (Wildman–Crippen MR) is 112 cm³/mol. The summed E-state index contributed by atoms with van der Waals surface area (Å²) < 4.78 is 5.11. The van der Waals surface area contributed by atoms with Crippen molar-refractivity contribution in [1.29, 1.82) is 5.26 Å². The standard InChI is InChI=1S/C21H30N4O6/c1-13(2)23-18(28)17(14-7-6-8-15(27)11-14)25(10-9-22)19(29)16(12-26)24-20(30)31-21(3,4)5/h6-8,11,13,16-17,26-27H,10,12H2,1-5H3,(H,23,28)(H,24,30). The zero-order valence-corrected chi connectivity index (χ0v) is 18.4. The number of carbonyl (C=O) groups is 3. The number of nitrogens with one attached hydrogen (secondary N) is 2. The third kappa shape index (κ3) is 8.14. The number of hydrogen-bond acceptors (Lipinski definition) is 7. The first kappa shape index (κ1) is 25.7. The molecule has 0 aliphatic carbocycles. The molecule has 170 valence electrons. The van der Waals surface area contributed by atoms with Gasteiger partial charge in [-0.15, -0.1) is 0 Å². The SMILES string of the molecule is CC(C)NC(=O)C(c1cccc(O)c1)N(CC#N)C(=O)C(CO)NC(=O)OC(C)(C)C. The first-order valence-corrected chi connectivity index (χ1v) is 9.76. The van der Waals surface area contributed by atoms with E-state index in [2.05, 4.69) is 10.6 Å². The van der Waals surface area contributed by atoms with Crippen LogP contribution in [0.5, 0.6) is 5.75 Å². The quantitative estimate of drug-likeness (QED) is 0.449. The first-order valence-electron chi connectivity index (χ1n) is 9.76. The minimum absolute atomic E-state index is 0.130. The number of ether oxygens (including phenoxy) is 1. The lowest BCUT2D eigenvalue weighted by atomic mass is 10.0. The highest BCUT2D eigenvalue weighted by atomic mass is 16.6. The number of benzene rings is 1. The van der Waals surface area contributed by atoms with Gasteiger partial charge in [-0.1, -0.05) is 12.1 Å². The Labute approximate surface area is 181 Å². The highest BCUT2D eigenvalue weighted by molar-refractivity contribution is 5.92. The largest absolute Gasteiger partial charge is 0.508 e. The van der Waals surface area contributed by atoms with Crippen molar-refractivity contribution in [3.8, 4) is 11.8 Å². The minimum Gasteiger partial charge on any atom is -0.508 e. The van der Waals surface area contributed by atoms with Gasteiger partial charge in [0.25, 0.3) is 0 Å². The van der Waals surface area contributed by atoms with Crippen LogP contribution in [-0.2, 0) is 14.3 Å². The molecule has 0 spiro atoms. The minimum atomic E-state index is -1.45. The van der Waals surface area contributed by atoms with Crippen molar-refractivity contribution in [2.24, 2.45) is 0 Å². The van der Waals surface area contributed by atoms with Gasteiger partial charge in [-0.2, -0.15) is 5.26 Å². The second-order valence-electron chi connectivity index (χ2n) is 8.17. The summed E-state index contributed by atoms with van der Waals surface area (Å²) in [6, 6.07) is 4.56. The van der Waals surface area contributed by atoms with E-state index in [1.54, 1.807) is 34.6 Å². The van der Waals surface area contributed by atoms with Crippen molar-refractivity contribution in [3.63, 3.8) is 0 Å². The Morgan fingerprint density at radius 3 is 2.35 bits per heavy atom. The van der Waals surface area contributed by atoms with Crippen LogP contribution in [0.4, 0.5) is 4.79 Å². The van der Waals surface area contributed by atoms with E-state index in [0.29, 0.717) is 0 Å². The predicted octanol–water partition coefficient (Wildman–Crippen LogP) is 1.20. The number of rotatable bonds is 8. The lowest BCUT2D eigenvalue weighted by Crippen LogP contribution is -2.54. The number of nitrogens with zero attached hydrogens (tertiary/aromatic N) is 2. The van der Waals surface area contributed by atoms with Crippen molar-refractivity contribution < 1.29 is 29.3 Å². The van der Waals surface area contributed by atoms with E-state index in [1.807, 2.05) is 6.07 Å². The van der Waals surface area contributed by atoms with E-state index >= 15 is 0 Å². The highest BCUT2D eigenvalue weighted by Gasteiger charge is 2.36. The Bertz CT molecular complexity index is 828. The third-order valence-electron chi connectivity index (χ3n) is 3.87. The number of alkyl carbamates (subject to hydrolysis) is 1. The molecular formula is C21H30N4O6. The molecule has 10 nitrogen and oxygen atoms in total. The van der Waals surface area contributed by atoms with E-state index < -0.39 is 48.7 Å². The fraction of sp³-hybridized carbons (Fsp3) is 0.524. The lowest BCUT2D eigenvalue weighted by molar-refractivity contribution is -0.142. The molecule has 0 saturated heterocycles. The van der Waals surface area contributed by atoms with Crippen LogP contribution in [0.2, 0.25) is 0 Å². The average molecular weight is 434 g/mol. The second kappa shape index (κ2) is 11.2. The molecule has 0 aliphatic heterocycles. The van der Waals surface area contributed by atoms with Crippen molar-refractivity contribution >= 4 is 17.9 Å². The number of phenolic OH excluding ortho intramolecular Hbond substituents is 1. The van der Waals surface area contributed by atoms with Crippen LogP contribution in [0, 0.1) is 11.3 Å². The summed E-state index contributed by atoms with van der Waals surface area (Å²) in [5, 5.41) is 33.8. The van der Waals surface area contributed by atoms with E-state index in [9.17, 15) is 29.9 Å². The van der Waals surface area contributed by atoms with Gasteiger partial charge < -0.3 is 30.5 Å². The molecule has 1 aromatic rings. The van der Waals surface area contributed by atoms with Crippen LogP contribution in [0.15, 0.2) is 24.3 Å². The number of carbonyl (C=O) groups excluding carboxylic acids is 3. The van der Waals surface area contributed by atoms with E-state index in [1.165, 1.54) is 24.3 Å². The van der Waals surface area contributed by atoms with Crippen molar-refractivity contribution in [2.75, 3.05) is 13.2 Å². The molecule has 10 heteroatoms. The molecule has 31 heavy (non-hydrogen) atoms. The Morgan fingerprint density at radius 2 is 1.87 bits per heavy atom. The topological polar surface area (TPSA) is 152 Å². The summed E-state index contributed by atoms with van der Waals surface area (Å²) >= 11 is 0. The van der Waals surface area contributed by atoms with Gasteiger partial charge in [0.2, 0.25) is 11.8 Å². The number of aliphatic hydroxyl groups is 1. The molecule has 0 bridgehead atoms. The molecule has 0 radical (unpaired) electrons. The lowest BCUT2D eigenvalue weighted by Gasteiger charge is -2.32. The van der Waals surface area contributed by atoms with E-state index in [0.717, 1.165) is 4.90 Å². The Morgan fingerprint density at radius 1 is 1.23 bits per heavy atom. The average Bonchev–Trinajstić information content (AvgIpc) is 2.63. The van der Waals surface area contributed by atoms with Gasteiger partial charge in [0.05, 0.1) is 12.7 Å². The molecule has 3 amide bonds. The molecule has 1 aromatic carbocycles. The molecule has 0 saturated carbocycles. The summed E-state index contributed by atoms with van der Waals surface area (Å²) in [5.74, 6) is -1.57. The van der Waals surface area contributed by atoms with Crippen LogP contribution in [0.25, 0.3) is 0 Å². The Kier molecular flexibility index (Phi) is 9.27. The van der Waals surface area contributed by atoms with Crippen LogP contribution >= 0.6 is 0 Å². The van der Waals surface area contributed by atoms with Crippen LogP contribution < -0.4 is 10.6 Å². The molecule has 0 heterocycles. The fourth-order valence-corrected chi connectivity index (χ4v) is 2.74. The smallest absolute Gasteiger partial charge is 0.408 e. The Hall–Kier alpha value is -3.32. The van der Waals surface area contributed by atoms with Gasteiger partial charge >= 0.3 is 6.09 Å². The fourth-order valence-electron chi connectivity index (χ4n) is 2.74. The van der Waals surface area contributed by atoms with Gasteiger partial charge in [-0.3, -0.25) is 9.59 Å². The molecule has 0 aliphatic rings. The second-order valence-corrected chi connectivity index (χ2v) is 8.17. The van der Waals surface area contributed by atoms with Crippen molar-refractivity contribution in [3.05, 3.63) is 29.8 Å². The van der Waals surface area contributed by atoms with E-state index in [-0.39, 0.29) is 17.4 Å². The van der Waals surface area contributed by atoms with Crippen molar-refractivity contribution in [1.82, 2.24) is 15.5 Å². The number of aromatic hydroxyl groups is 1. The normalized spacial score (nSPS) is 13.0. The number of nitriles is 1. The number of aliphatic hydroxyl groups excluding tert-OH is 1. The monoisotopic (exact) mass is 434 g/mol. The van der Waals surface area contributed by atoms with Gasteiger partial charge in [-0.05, 0) is 52.3 Å². The number of phenols is 1. The zero-order chi connectivity index (χ0) is 23.8. The zero-order valence-electron chi connectivity index (χ0n) is 18.4. The molecular weight excluding hydrogens is 404 g/mol. The van der Waals surface area contributed by atoms with Gasteiger partial charge in [0.15, 0.2) is 0 Å². The highest BCUT2D eigenvalue weighted by Crippen LogP contribution is 2.25. The molecule has 0 fully saturated rings. The number of hydrogen-bond donors (Lipinski definition) is 4. The molecule has 0 aromatic heterocycles. The van der Waals surface area contributed by atoms with Crippen LogP contribution in [0.3, 0.4) is 0 Å². The molecule has 4 N–H and O–H groups in total. The van der Waals surface area contributed by atoms with Gasteiger partial charge in [0.1, 0.15) is 30.0 Å². The first-order chi connectivity index (χ1) is 14.4. The summed E-state index contributed by atoms with van der Waals surface area (Å²) in [5.41, 5.74) is -0.573. The summed E-state index contributed by atoms with van der Waals surface area (Å²) in [7, 11) is 0. The number of amides is 3. The Balaban J connectivity index is 3.31. The van der Waals surface area contributed by atoms with Gasteiger partial charge in [0, 0.05) is 6.04 Å². The maximum atomic E-state index is 13.2. The molecule has 2 unspecified atom stereocenters. The van der Waals surface area contributed by atoms with Crippen LogP contribution in [-0.4, -0.2) is 63.9 Å². The van der Waals surface area contributed by atoms with Crippen LogP contribution in [0.1, 0.15) is 46.2 Å². The molecule has 1 rings (SSSR count). The maximum Gasteiger partial charge on any atom is 0.408 e. The summed E-state index contributed by atoms with van der Waals surface area (Å²) in [6.07, 6.45) is -0.933. The molecule has 2 atom stereocenters. The third-order valence-corrected chi connectivity index (χ3v) is 3.87. The maximum absolute atomic E-state index is 13.2. The van der Waals surface area contributed by atoms with Crippen molar-refractivity contribution in [2.45, 2.75) is 58.3 Å². The van der Waals surface area contributed by atoms with Gasteiger partial charge in [-0.25, -0.2) is 4.79 Å².